The van der Waals surface area contributed by atoms with Crippen LogP contribution >= 0.6 is 15.9 Å². The molecule has 1 aromatic rings. The number of methoxy groups -OCH3 is 1. The van der Waals surface area contributed by atoms with Crippen LogP contribution in [-0.2, 0) is 4.79 Å². The number of amides is 1. The van der Waals surface area contributed by atoms with E-state index in [1.165, 1.54) is 13.2 Å². The molecule has 0 saturated carbocycles. The number of hydrogen-bond acceptors (Lipinski definition) is 2. The zero-order valence-electron chi connectivity index (χ0n) is 9.95. The average Bonchev–Trinajstić information content (AvgIpc) is 2.73. The van der Waals surface area contributed by atoms with Crippen LogP contribution in [0.3, 0.4) is 0 Å². The van der Waals surface area contributed by atoms with Crippen LogP contribution in [0.4, 0.5) is 10.1 Å². The Morgan fingerprint density at radius 1 is 1.61 bits per heavy atom. The number of hydrogen-bond donors (Lipinski definition) is 0. The van der Waals surface area contributed by atoms with Crippen LogP contribution in [0.2, 0.25) is 0 Å². The van der Waals surface area contributed by atoms with Gasteiger partial charge in [-0.15, -0.1) is 6.58 Å². The number of rotatable bonds is 3. The van der Waals surface area contributed by atoms with E-state index in [1.807, 2.05) is 0 Å². The number of anilines is 1. The summed E-state index contributed by atoms with van der Waals surface area (Å²) in [5.74, 6) is 0.0685. The van der Waals surface area contributed by atoms with E-state index in [9.17, 15) is 9.18 Å². The number of halogens is 2. The normalized spacial score (nSPS) is 19.2. The molecule has 1 amide bonds. The smallest absolute Gasteiger partial charge is 0.227 e. The first-order valence-corrected chi connectivity index (χ1v) is 6.32. The fourth-order valence-electron chi connectivity index (χ4n) is 2.02. The zero-order chi connectivity index (χ0) is 13.3. The van der Waals surface area contributed by atoms with E-state index < -0.39 is 5.82 Å². The van der Waals surface area contributed by atoms with Crippen LogP contribution in [-0.4, -0.2) is 19.6 Å². The quantitative estimate of drug-likeness (QED) is 0.802. The molecule has 18 heavy (non-hydrogen) atoms. The van der Waals surface area contributed by atoms with E-state index in [0.29, 0.717) is 28.9 Å². The molecule has 1 atom stereocenters. The average molecular weight is 314 g/mol. The van der Waals surface area contributed by atoms with Crippen molar-refractivity contribution in [1.29, 1.82) is 0 Å². The number of carbonyl (C=O) groups is 1. The van der Waals surface area contributed by atoms with Crippen LogP contribution in [0.5, 0.6) is 5.75 Å². The molecular weight excluding hydrogens is 301 g/mol. The minimum absolute atomic E-state index is 0.00305. The molecule has 0 bridgehead atoms. The first-order valence-electron chi connectivity index (χ1n) is 5.52. The Morgan fingerprint density at radius 3 is 2.89 bits per heavy atom. The van der Waals surface area contributed by atoms with E-state index in [-0.39, 0.29) is 11.8 Å². The fraction of sp³-hybridized carbons (Fsp3) is 0.308. The second-order valence-electron chi connectivity index (χ2n) is 4.14. The van der Waals surface area contributed by atoms with Gasteiger partial charge in [0.25, 0.3) is 0 Å². The largest absolute Gasteiger partial charge is 0.494 e. The lowest BCUT2D eigenvalue weighted by Crippen LogP contribution is -2.25. The summed E-state index contributed by atoms with van der Waals surface area (Å²) >= 11 is 3.12. The van der Waals surface area contributed by atoms with E-state index in [1.54, 1.807) is 17.0 Å². The second kappa shape index (κ2) is 5.10. The SMILES string of the molecule is C=CC1CC(=O)N(c2cc(Br)c(F)cc2OC)C1. The predicted octanol–water partition coefficient (Wildman–Crippen LogP) is 3.14. The Hall–Kier alpha value is -1.36. The highest BCUT2D eigenvalue weighted by molar-refractivity contribution is 9.10. The fourth-order valence-corrected chi connectivity index (χ4v) is 2.35. The van der Waals surface area contributed by atoms with Crippen molar-refractivity contribution in [2.24, 2.45) is 5.92 Å². The van der Waals surface area contributed by atoms with Gasteiger partial charge in [-0.05, 0) is 22.0 Å². The Kier molecular flexibility index (Phi) is 3.71. The summed E-state index contributed by atoms with van der Waals surface area (Å²) < 4.78 is 18.9. The third-order valence-corrected chi connectivity index (χ3v) is 3.61. The van der Waals surface area contributed by atoms with Crippen molar-refractivity contribution in [2.75, 3.05) is 18.6 Å². The molecule has 2 rings (SSSR count). The summed E-state index contributed by atoms with van der Waals surface area (Å²) in [5, 5.41) is 0. The molecule has 0 aliphatic carbocycles. The van der Waals surface area contributed by atoms with Gasteiger partial charge in [-0.1, -0.05) is 6.08 Å². The molecule has 0 radical (unpaired) electrons. The number of benzene rings is 1. The van der Waals surface area contributed by atoms with Crippen molar-refractivity contribution in [3.8, 4) is 5.75 Å². The standard InChI is InChI=1S/C13H13BrFNO2/c1-3-8-4-13(17)16(7-8)11-5-9(14)10(15)6-12(11)18-2/h3,5-6,8H,1,4,7H2,2H3. The van der Waals surface area contributed by atoms with E-state index in [0.717, 1.165) is 0 Å². The molecule has 1 aliphatic heterocycles. The zero-order valence-corrected chi connectivity index (χ0v) is 11.5. The van der Waals surface area contributed by atoms with Gasteiger partial charge in [0.2, 0.25) is 5.91 Å². The van der Waals surface area contributed by atoms with Gasteiger partial charge < -0.3 is 9.64 Å². The summed E-state index contributed by atoms with van der Waals surface area (Å²) in [6, 6.07) is 2.84. The molecule has 5 heteroatoms. The van der Waals surface area contributed by atoms with Crippen molar-refractivity contribution in [3.63, 3.8) is 0 Å². The van der Waals surface area contributed by atoms with Crippen molar-refractivity contribution < 1.29 is 13.9 Å². The van der Waals surface area contributed by atoms with E-state index in [4.69, 9.17) is 4.74 Å². The molecule has 1 aliphatic rings. The first kappa shape index (κ1) is 13.1. The maximum absolute atomic E-state index is 13.4. The minimum atomic E-state index is -0.414. The molecule has 1 saturated heterocycles. The van der Waals surface area contributed by atoms with E-state index >= 15 is 0 Å². The van der Waals surface area contributed by atoms with Crippen molar-refractivity contribution in [3.05, 3.63) is 35.1 Å². The van der Waals surface area contributed by atoms with E-state index in [2.05, 4.69) is 22.5 Å². The van der Waals surface area contributed by atoms with Crippen molar-refractivity contribution in [1.82, 2.24) is 0 Å². The van der Waals surface area contributed by atoms with Gasteiger partial charge in [0, 0.05) is 24.9 Å². The van der Waals surface area contributed by atoms with Crippen LogP contribution in [0.1, 0.15) is 6.42 Å². The summed E-state index contributed by atoms with van der Waals surface area (Å²) in [6.07, 6.45) is 2.20. The molecular formula is C13H13BrFNO2. The Balaban J connectivity index is 2.41. The Labute approximate surface area is 113 Å². The van der Waals surface area contributed by atoms with Gasteiger partial charge in [0.1, 0.15) is 11.6 Å². The van der Waals surface area contributed by atoms with Crippen LogP contribution < -0.4 is 9.64 Å². The number of nitrogens with zero attached hydrogens (tertiary/aromatic N) is 1. The third kappa shape index (κ3) is 2.27. The lowest BCUT2D eigenvalue weighted by molar-refractivity contribution is -0.117. The minimum Gasteiger partial charge on any atom is -0.494 e. The highest BCUT2D eigenvalue weighted by Crippen LogP contribution is 2.36. The van der Waals surface area contributed by atoms with Gasteiger partial charge in [-0.2, -0.15) is 0 Å². The highest BCUT2D eigenvalue weighted by Gasteiger charge is 2.31. The van der Waals surface area contributed by atoms with Crippen LogP contribution in [0, 0.1) is 11.7 Å². The molecule has 3 nitrogen and oxygen atoms in total. The van der Waals surface area contributed by atoms with Crippen LogP contribution in [0.25, 0.3) is 0 Å². The van der Waals surface area contributed by atoms with Gasteiger partial charge >= 0.3 is 0 Å². The summed E-state index contributed by atoms with van der Waals surface area (Å²) in [6.45, 7) is 4.25. The van der Waals surface area contributed by atoms with Gasteiger partial charge in [0.15, 0.2) is 0 Å². The molecule has 0 N–H and O–H groups in total. The Morgan fingerprint density at radius 2 is 2.33 bits per heavy atom. The maximum Gasteiger partial charge on any atom is 0.227 e. The molecule has 1 unspecified atom stereocenters. The number of carbonyl (C=O) groups excluding carboxylic acids is 1. The summed E-state index contributed by atoms with van der Waals surface area (Å²) in [7, 11) is 1.46. The first-order chi connectivity index (χ1) is 8.56. The molecule has 96 valence electrons. The Bertz CT molecular complexity index is 504. The topological polar surface area (TPSA) is 29.5 Å². The number of ether oxygens (including phenoxy) is 1. The van der Waals surface area contributed by atoms with Crippen LogP contribution in [0.15, 0.2) is 29.3 Å². The predicted molar refractivity (Wildman–Crippen MR) is 71.3 cm³/mol. The molecule has 1 fully saturated rings. The van der Waals surface area contributed by atoms with Crippen molar-refractivity contribution in [2.45, 2.75) is 6.42 Å². The summed E-state index contributed by atoms with van der Waals surface area (Å²) in [4.78, 5) is 13.5. The third-order valence-electron chi connectivity index (χ3n) is 3.00. The second-order valence-corrected chi connectivity index (χ2v) is 5.00. The molecule has 0 spiro atoms. The lowest BCUT2D eigenvalue weighted by Gasteiger charge is -2.19. The van der Waals surface area contributed by atoms with Gasteiger partial charge in [-0.25, -0.2) is 4.39 Å². The molecule has 0 aromatic heterocycles. The molecule has 1 heterocycles. The van der Waals surface area contributed by atoms with Gasteiger partial charge in [0.05, 0.1) is 17.3 Å². The summed E-state index contributed by atoms with van der Waals surface area (Å²) in [5.41, 5.74) is 0.583. The highest BCUT2D eigenvalue weighted by atomic mass is 79.9. The van der Waals surface area contributed by atoms with Gasteiger partial charge in [-0.3, -0.25) is 4.79 Å². The van der Waals surface area contributed by atoms with Crippen molar-refractivity contribution >= 4 is 27.5 Å². The maximum atomic E-state index is 13.4. The lowest BCUT2D eigenvalue weighted by atomic mass is 10.1. The monoisotopic (exact) mass is 313 g/mol. The molecule has 1 aromatic carbocycles.